The molecule has 2 aromatic rings. The molecule has 0 saturated heterocycles. The summed E-state index contributed by atoms with van der Waals surface area (Å²) in [6.07, 6.45) is 0.756. The third kappa shape index (κ3) is 5.21. The summed E-state index contributed by atoms with van der Waals surface area (Å²) in [5.74, 6) is -0.367. The molecular formula is C19H22N2O3. The van der Waals surface area contributed by atoms with Crippen molar-refractivity contribution >= 4 is 17.5 Å². The zero-order chi connectivity index (χ0) is 17.4. The number of ether oxygens (including phenoxy) is 1. The second-order valence-electron chi connectivity index (χ2n) is 5.51. The maximum Gasteiger partial charge on any atom is 0.255 e. The number of carbonyl (C=O) groups is 2. The van der Waals surface area contributed by atoms with Crippen molar-refractivity contribution in [2.45, 2.75) is 13.3 Å². The van der Waals surface area contributed by atoms with E-state index in [-0.39, 0.29) is 11.8 Å². The second kappa shape index (κ2) is 8.84. The molecule has 2 N–H and O–H groups in total. The van der Waals surface area contributed by atoms with E-state index >= 15 is 0 Å². The highest BCUT2D eigenvalue weighted by molar-refractivity contribution is 6.05. The van der Waals surface area contributed by atoms with Gasteiger partial charge in [-0.2, -0.15) is 0 Å². The lowest BCUT2D eigenvalue weighted by atomic mass is 10.1. The van der Waals surface area contributed by atoms with Crippen LogP contribution in [0.1, 0.15) is 32.7 Å². The van der Waals surface area contributed by atoms with Crippen molar-refractivity contribution in [1.82, 2.24) is 5.32 Å². The van der Waals surface area contributed by atoms with Crippen molar-refractivity contribution in [2.24, 2.45) is 0 Å². The highest BCUT2D eigenvalue weighted by Crippen LogP contribution is 2.13. The van der Waals surface area contributed by atoms with Gasteiger partial charge in [0.15, 0.2) is 0 Å². The molecule has 0 aliphatic heterocycles. The standard InChI is InChI=1S/C19H22N2O3/c1-14-6-3-7-15(12-14)19(23)21-17-9-4-8-16(13-17)18(22)20-10-5-11-24-2/h3-4,6-9,12-13H,5,10-11H2,1-2H3,(H,20,22)(H,21,23). The van der Waals surface area contributed by atoms with E-state index in [1.165, 1.54) is 0 Å². The first-order valence-electron chi connectivity index (χ1n) is 7.85. The van der Waals surface area contributed by atoms with Crippen molar-refractivity contribution in [3.63, 3.8) is 0 Å². The SMILES string of the molecule is COCCCNC(=O)c1cccc(NC(=O)c2cccc(C)c2)c1. The first-order valence-corrected chi connectivity index (χ1v) is 7.85. The molecule has 2 amide bonds. The molecule has 2 rings (SSSR count). The average Bonchev–Trinajstić information content (AvgIpc) is 2.59. The fourth-order valence-corrected chi connectivity index (χ4v) is 2.25. The highest BCUT2D eigenvalue weighted by Gasteiger charge is 2.09. The van der Waals surface area contributed by atoms with E-state index in [0.717, 1.165) is 12.0 Å². The predicted molar refractivity (Wildman–Crippen MR) is 94.4 cm³/mol. The van der Waals surface area contributed by atoms with Crippen LogP contribution in [-0.4, -0.2) is 32.1 Å². The summed E-state index contributed by atoms with van der Waals surface area (Å²) in [5.41, 5.74) is 2.71. The Morgan fingerprint density at radius 3 is 2.42 bits per heavy atom. The Balaban J connectivity index is 1.99. The van der Waals surface area contributed by atoms with Crippen LogP contribution in [0.15, 0.2) is 48.5 Å². The lowest BCUT2D eigenvalue weighted by Crippen LogP contribution is -2.25. The topological polar surface area (TPSA) is 67.4 Å². The molecule has 0 aliphatic carbocycles. The molecule has 0 unspecified atom stereocenters. The zero-order valence-corrected chi connectivity index (χ0v) is 14.0. The van der Waals surface area contributed by atoms with Gasteiger partial charge in [0.2, 0.25) is 0 Å². The van der Waals surface area contributed by atoms with Gasteiger partial charge in [-0.25, -0.2) is 0 Å². The van der Waals surface area contributed by atoms with Gasteiger partial charge in [-0.05, 0) is 43.7 Å². The van der Waals surface area contributed by atoms with E-state index in [9.17, 15) is 9.59 Å². The largest absolute Gasteiger partial charge is 0.385 e. The first-order chi connectivity index (χ1) is 11.6. The number of hydrogen-bond acceptors (Lipinski definition) is 3. The lowest BCUT2D eigenvalue weighted by molar-refractivity contribution is 0.0947. The number of rotatable bonds is 7. The van der Waals surface area contributed by atoms with Gasteiger partial charge in [0, 0.05) is 37.1 Å². The van der Waals surface area contributed by atoms with Gasteiger partial charge in [-0.1, -0.05) is 23.8 Å². The fourth-order valence-electron chi connectivity index (χ4n) is 2.25. The molecule has 0 fully saturated rings. The van der Waals surface area contributed by atoms with Crippen LogP contribution >= 0.6 is 0 Å². The third-order valence-electron chi connectivity index (χ3n) is 3.47. The summed E-state index contributed by atoms with van der Waals surface area (Å²) in [5, 5.41) is 5.64. The van der Waals surface area contributed by atoms with Gasteiger partial charge < -0.3 is 15.4 Å². The minimum atomic E-state index is -0.198. The Morgan fingerprint density at radius 1 is 1.00 bits per heavy atom. The van der Waals surface area contributed by atoms with Crippen molar-refractivity contribution in [2.75, 3.05) is 25.6 Å². The van der Waals surface area contributed by atoms with E-state index < -0.39 is 0 Å². The van der Waals surface area contributed by atoms with Gasteiger partial charge >= 0.3 is 0 Å². The first kappa shape index (κ1) is 17.7. The Bertz CT molecular complexity index is 713. The number of nitrogens with one attached hydrogen (secondary N) is 2. The molecular weight excluding hydrogens is 304 g/mol. The smallest absolute Gasteiger partial charge is 0.255 e. The van der Waals surface area contributed by atoms with Crippen molar-refractivity contribution in [3.8, 4) is 0 Å². The number of anilines is 1. The summed E-state index contributed by atoms with van der Waals surface area (Å²) in [7, 11) is 1.63. The molecule has 5 nitrogen and oxygen atoms in total. The van der Waals surface area contributed by atoms with Crippen molar-refractivity contribution < 1.29 is 14.3 Å². The number of hydrogen-bond donors (Lipinski definition) is 2. The number of aryl methyl sites for hydroxylation is 1. The van der Waals surface area contributed by atoms with Crippen LogP contribution in [0.25, 0.3) is 0 Å². The van der Waals surface area contributed by atoms with E-state index in [1.807, 2.05) is 25.1 Å². The molecule has 24 heavy (non-hydrogen) atoms. The van der Waals surface area contributed by atoms with Crippen molar-refractivity contribution in [1.29, 1.82) is 0 Å². The molecule has 0 atom stereocenters. The highest BCUT2D eigenvalue weighted by atomic mass is 16.5. The molecule has 5 heteroatoms. The van der Waals surface area contributed by atoms with Crippen LogP contribution in [0, 0.1) is 6.92 Å². The maximum absolute atomic E-state index is 12.3. The van der Waals surface area contributed by atoms with Crippen LogP contribution in [-0.2, 0) is 4.74 Å². The van der Waals surface area contributed by atoms with Gasteiger partial charge in [0.25, 0.3) is 11.8 Å². The Morgan fingerprint density at radius 2 is 1.71 bits per heavy atom. The molecule has 0 bridgehead atoms. The summed E-state index contributed by atoms with van der Waals surface area (Å²) >= 11 is 0. The Hall–Kier alpha value is -2.66. The van der Waals surface area contributed by atoms with Crippen LogP contribution in [0.3, 0.4) is 0 Å². The molecule has 2 aromatic carbocycles. The normalized spacial score (nSPS) is 10.2. The zero-order valence-electron chi connectivity index (χ0n) is 14.0. The Kier molecular flexibility index (Phi) is 6.51. The summed E-state index contributed by atoms with van der Waals surface area (Å²) in [6, 6.07) is 14.2. The minimum Gasteiger partial charge on any atom is -0.385 e. The van der Waals surface area contributed by atoms with Crippen LogP contribution in [0.5, 0.6) is 0 Å². The average molecular weight is 326 g/mol. The van der Waals surface area contributed by atoms with Crippen LogP contribution in [0.2, 0.25) is 0 Å². The molecule has 0 radical (unpaired) electrons. The summed E-state index contributed by atoms with van der Waals surface area (Å²) < 4.78 is 4.94. The predicted octanol–water partition coefficient (Wildman–Crippen LogP) is 3.01. The fraction of sp³-hybridized carbons (Fsp3) is 0.263. The maximum atomic E-state index is 12.3. The lowest BCUT2D eigenvalue weighted by Gasteiger charge is -2.09. The van der Waals surface area contributed by atoms with Gasteiger partial charge in [0.1, 0.15) is 0 Å². The van der Waals surface area contributed by atoms with Crippen LogP contribution in [0.4, 0.5) is 5.69 Å². The summed E-state index contributed by atoms with van der Waals surface area (Å²) in [6.45, 7) is 3.09. The van der Waals surface area contributed by atoms with Crippen molar-refractivity contribution in [3.05, 3.63) is 65.2 Å². The van der Waals surface area contributed by atoms with Gasteiger partial charge in [0.05, 0.1) is 0 Å². The Labute approximate surface area is 142 Å². The molecule has 0 aliphatic rings. The van der Waals surface area contributed by atoms with E-state index in [4.69, 9.17) is 4.74 Å². The molecule has 0 heterocycles. The monoisotopic (exact) mass is 326 g/mol. The van der Waals surface area contributed by atoms with E-state index in [0.29, 0.717) is 30.0 Å². The second-order valence-corrected chi connectivity index (χ2v) is 5.51. The molecule has 0 spiro atoms. The van der Waals surface area contributed by atoms with Crippen LogP contribution < -0.4 is 10.6 Å². The summed E-state index contributed by atoms with van der Waals surface area (Å²) in [4.78, 5) is 24.4. The van der Waals surface area contributed by atoms with E-state index in [1.54, 1.807) is 37.4 Å². The van der Waals surface area contributed by atoms with Gasteiger partial charge in [-0.3, -0.25) is 9.59 Å². The number of carbonyl (C=O) groups excluding carboxylic acids is 2. The quantitative estimate of drug-likeness (QED) is 0.769. The number of methoxy groups -OCH3 is 1. The molecule has 0 aromatic heterocycles. The number of amides is 2. The van der Waals surface area contributed by atoms with E-state index in [2.05, 4.69) is 10.6 Å². The molecule has 0 saturated carbocycles. The number of benzene rings is 2. The third-order valence-corrected chi connectivity index (χ3v) is 3.47. The van der Waals surface area contributed by atoms with Gasteiger partial charge in [-0.15, -0.1) is 0 Å². The minimum absolute atomic E-state index is 0.169. The molecule has 126 valence electrons.